The predicted octanol–water partition coefficient (Wildman–Crippen LogP) is 0.236. The Morgan fingerprint density at radius 2 is 2.20 bits per heavy atom. The average molecular weight is 213 g/mol. The van der Waals surface area contributed by atoms with Gasteiger partial charge >= 0.3 is 0 Å². The molecule has 86 valence electrons. The van der Waals surface area contributed by atoms with E-state index in [0.29, 0.717) is 19.1 Å². The van der Waals surface area contributed by atoms with Gasteiger partial charge in [-0.15, -0.1) is 5.10 Å². The topological polar surface area (TPSA) is 64.9 Å². The van der Waals surface area contributed by atoms with Crippen molar-refractivity contribution in [2.24, 2.45) is 5.92 Å². The molecule has 0 radical (unpaired) electrons. The second-order valence-electron chi connectivity index (χ2n) is 3.84. The number of rotatable bonds is 6. The van der Waals surface area contributed by atoms with E-state index < -0.39 is 0 Å². The summed E-state index contributed by atoms with van der Waals surface area (Å²) in [5, 5.41) is 14.7. The van der Waals surface area contributed by atoms with E-state index >= 15 is 0 Å². The van der Waals surface area contributed by atoms with E-state index in [4.69, 9.17) is 4.74 Å². The van der Waals surface area contributed by atoms with Gasteiger partial charge in [0.05, 0.1) is 19.2 Å². The van der Waals surface area contributed by atoms with E-state index in [9.17, 15) is 0 Å². The van der Waals surface area contributed by atoms with Gasteiger partial charge < -0.3 is 10.1 Å². The van der Waals surface area contributed by atoms with Crippen molar-refractivity contribution < 1.29 is 4.74 Å². The van der Waals surface area contributed by atoms with Gasteiger partial charge in [0.2, 0.25) is 0 Å². The first-order chi connectivity index (χ1) is 7.20. The molecule has 1 atom stereocenters. The minimum atomic E-state index is 0.188. The van der Waals surface area contributed by atoms with Crippen molar-refractivity contribution in [2.75, 3.05) is 20.8 Å². The van der Waals surface area contributed by atoms with Gasteiger partial charge in [-0.3, -0.25) is 0 Å². The number of hydrogen-bond acceptors (Lipinski definition) is 5. The highest BCUT2D eigenvalue weighted by Crippen LogP contribution is 2.17. The number of aromatic nitrogens is 4. The summed E-state index contributed by atoms with van der Waals surface area (Å²) < 4.78 is 7.02. The molecule has 1 heterocycles. The van der Waals surface area contributed by atoms with Crippen LogP contribution in [0.2, 0.25) is 0 Å². The van der Waals surface area contributed by atoms with Crippen LogP contribution in [0.5, 0.6) is 0 Å². The minimum absolute atomic E-state index is 0.188. The van der Waals surface area contributed by atoms with E-state index in [0.717, 1.165) is 5.82 Å². The van der Waals surface area contributed by atoms with Gasteiger partial charge in [0.15, 0.2) is 5.82 Å². The Morgan fingerprint density at radius 3 is 2.73 bits per heavy atom. The maximum atomic E-state index is 5.19. The smallest absolute Gasteiger partial charge is 0.165 e. The molecule has 1 aromatic heterocycles. The number of methoxy groups -OCH3 is 1. The summed E-state index contributed by atoms with van der Waals surface area (Å²) in [7, 11) is 3.57. The SMILES string of the molecule is CNCc1nnnn1C(COC)C(C)C. The van der Waals surface area contributed by atoms with Crippen molar-refractivity contribution in [2.45, 2.75) is 26.4 Å². The van der Waals surface area contributed by atoms with Crippen LogP contribution in [0.3, 0.4) is 0 Å². The Balaban J connectivity index is 2.84. The second kappa shape index (κ2) is 5.77. The van der Waals surface area contributed by atoms with Gasteiger partial charge in [-0.05, 0) is 23.4 Å². The number of ether oxygens (including phenoxy) is 1. The van der Waals surface area contributed by atoms with E-state index in [2.05, 4.69) is 34.7 Å². The molecule has 0 spiro atoms. The van der Waals surface area contributed by atoms with Crippen molar-refractivity contribution in [3.8, 4) is 0 Å². The average Bonchev–Trinajstić information content (AvgIpc) is 2.62. The molecule has 6 nitrogen and oxygen atoms in total. The summed E-state index contributed by atoms with van der Waals surface area (Å²) in [6.07, 6.45) is 0. The Bertz CT molecular complexity index is 286. The quantitative estimate of drug-likeness (QED) is 0.733. The largest absolute Gasteiger partial charge is 0.382 e. The van der Waals surface area contributed by atoms with Crippen LogP contribution in [0, 0.1) is 5.92 Å². The molecule has 0 fully saturated rings. The summed E-state index contributed by atoms with van der Waals surface area (Å²) in [6, 6.07) is 0.188. The molecule has 0 aromatic carbocycles. The lowest BCUT2D eigenvalue weighted by atomic mass is 10.1. The normalized spacial score (nSPS) is 13.4. The van der Waals surface area contributed by atoms with Crippen LogP contribution in [0.25, 0.3) is 0 Å². The van der Waals surface area contributed by atoms with Crippen LogP contribution in [-0.4, -0.2) is 41.0 Å². The lowest BCUT2D eigenvalue weighted by Gasteiger charge is -2.20. The fourth-order valence-corrected chi connectivity index (χ4v) is 1.46. The van der Waals surface area contributed by atoms with Gasteiger partial charge in [0, 0.05) is 7.11 Å². The zero-order chi connectivity index (χ0) is 11.3. The molecule has 0 aliphatic rings. The van der Waals surface area contributed by atoms with Gasteiger partial charge in [0.1, 0.15) is 0 Å². The maximum absolute atomic E-state index is 5.19. The standard InChI is InChI=1S/C9H19N5O/c1-7(2)8(6-15-4)14-9(5-10-3)11-12-13-14/h7-8,10H,5-6H2,1-4H3. The minimum Gasteiger partial charge on any atom is -0.382 e. The third-order valence-corrected chi connectivity index (χ3v) is 2.32. The van der Waals surface area contributed by atoms with Gasteiger partial charge in [-0.25, -0.2) is 4.68 Å². The monoisotopic (exact) mass is 213 g/mol. The molecular formula is C9H19N5O. The van der Waals surface area contributed by atoms with E-state index in [-0.39, 0.29) is 6.04 Å². The third kappa shape index (κ3) is 2.97. The van der Waals surface area contributed by atoms with E-state index in [1.807, 2.05) is 11.7 Å². The molecule has 0 bridgehead atoms. The van der Waals surface area contributed by atoms with Crippen molar-refractivity contribution in [3.05, 3.63) is 5.82 Å². The first-order valence-corrected chi connectivity index (χ1v) is 5.11. The first kappa shape index (κ1) is 12.1. The van der Waals surface area contributed by atoms with Crippen LogP contribution in [0.1, 0.15) is 25.7 Å². The molecule has 0 aliphatic heterocycles. The van der Waals surface area contributed by atoms with Gasteiger partial charge in [0.25, 0.3) is 0 Å². The predicted molar refractivity (Wildman–Crippen MR) is 56.3 cm³/mol. The van der Waals surface area contributed by atoms with Crippen molar-refractivity contribution in [1.29, 1.82) is 0 Å². The molecular weight excluding hydrogens is 194 g/mol. The summed E-state index contributed by atoms with van der Waals surface area (Å²) in [4.78, 5) is 0. The van der Waals surface area contributed by atoms with E-state index in [1.165, 1.54) is 0 Å². The second-order valence-corrected chi connectivity index (χ2v) is 3.84. The van der Waals surface area contributed by atoms with Gasteiger partial charge in [-0.2, -0.15) is 0 Å². The zero-order valence-electron chi connectivity index (χ0n) is 9.77. The fourth-order valence-electron chi connectivity index (χ4n) is 1.46. The lowest BCUT2D eigenvalue weighted by Crippen LogP contribution is -2.25. The highest BCUT2D eigenvalue weighted by atomic mass is 16.5. The molecule has 1 aromatic rings. The highest BCUT2D eigenvalue weighted by molar-refractivity contribution is 4.84. The molecule has 0 amide bonds. The van der Waals surface area contributed by atoms with Crippen LogP contribution < -0.4 is 5.32 Å². The Hall–Kier alpha value is -1.01. The molecule has 6 heteroatoms. The van der Waals surface area contributed by atoms with Crippen LogP contribution in [-0.2, 0) is 11.3 Å². The van der Waals surface area contributed by atoms with Crippen LogP contribution in [0.15, 0.2) is 0 Å². The lowest BCUT2D eigenvalue weighted by molar-refractivity contribution is 0.123. The Labute approximate surface area is 90.0 Å². The summed E-state index contributed by atoms with van der Waals surface area (Å²) in [5.41, 5.74) is 0. The van der Waals surface area contributed by atoms with E-state index in [1.54, 1.807) is 7.11 Å². The van der Waals surface area contributed by atoms with Crippen molar-refractivity contribution in [3.63, 3.8) is 0 Å². The molecule has 0 saturated carbocycles. The zero-order valence-corrected chi connectivity index (χ0v) is 9.77. The third-order valence-electron chi connectivity index (χ3n) is 2.32. The number of nitrogens with one attached hydrogen (secondary N) is 1. The number of tetrazole rings is 1. The highest BCUT2D eigenvalue weighted by Gasteiger charge is 2.20. The maximum Gasteiger partial charge on any atom is 0.165 e. The van der Waals surface area contributed by atoms with Crippen molar-refractivity contribution >= 4 is 0 Å². The van der Waals surface area contributed by atoms with Crippen LogP contribution >= 0.6 is 0 Å². The molecule has 1 N–H and O–H groups in total. The number of hydrogen-bond donors (Lipinski definition) is 1. The summed E-state index contributed by atoms with van der Waals surface area (Å²) >= 11 is 0. The molecule has 15 heavy (non-hydrogen) atoms. The van der Waals surface area contributed by atoms with Gasteiger partial charge in [-0.1, -0.05) is 13.8 Å². The van der Waals surface area contributed by atoms with Crippen LogP contribution in [0.4, 0.5) is 0 Å². The molecule has 1 unspecified atom stereocenters. The summed E-state index contributed by atoms with van der Waals surface area (Å²) in [6.45, 7) is 5.56. The number of nitrogens with zero attached hydrogens (tertiary/aromatic N) is 4. The van der Waals surface area contributed by atoms with Crippen molar-refractivity contribution in [1.82, 2.24) is 25.5 Å². The molecule has 1 rings (SSSR count). The summed E-state index contributed by atoms with van der Waals surface area (Å²) in [5.74, 6) is 1.28. The first-order valence-electron chi connectivity index (χ1n) is 5.11. The fraction of sp³-hybridized carbons (Fsp3) is 0.889. The molecule has 0 saturated heterocycles. The molecule has 0 aliphatic carbocycles. The Morgan fingerprint density at radius 1 is 1.47 bits per heavy atom. The Kier molecular flexibility index (Phi) is 4.64.